The standard InChI is InChI=1S/C21H25N3O2/c1-16(23-12-14-24(15-13-23)17(2)25)21(26)22-20-11-7-6-10-19(20)18-8-4-3-5-9-18/h3-11,16H,12-15H2,1-2H3,(H,22,26)/p+1/t16-/m0/s1. The second-order valence-electron chi connectivity index (χ2n) is 6.79. The van der Waals surface area contributed by atoms with Crippen molar-refractivity contribution in [3.8, 4) is 11.1 Å². The van der Waals surface area contributed by atoms with Gasteiger partial charge >= 0.3 is 0 Å². The summed E-state index contributed by atoms with van der Waals surface area (Å²) in [6.07, 6.45) is 0. The van der Waals surface area contributed by atoms with Gasteiger partial charge in [0.25, 0.3) is 5.91 Å². The molecule has 3 rings (SSSR count). The van der Waals surface area contributed by atoms with Gasteiger partial charge in [0.15, 0.2) is 6.04 Å². The Kier molecular flexibility index (Phi) is 5.68. The predicted octanol–water partition coefficient (Wildman–Crippen LogP) is 1.43. The highest BCUT2D eigenvalue weighted by Gasteiger charge is 2.30. The number of nitrogens with one attached hydrogen (secondary N) is 2. The fraction of sp³-hybridized carbons (Fsp3) is 0.333. The number of hydrogen-bond acceptors (Lipinski definition) is 2. The second kappa shape index (κ2) is 8.15. The van der Waals surface area contributed by atoms with Crippen molar-refractivity contribution in [3.05, 3.63) is 54.6 Å². The van der Waals surface area contributed by atoms with E-state index in [1.54, 1.807) is 6.92 Å². The van der Waals surface area contributed by atoms with E-state index in [1.807, 2.05) is 66.4 Å². The molecule has 2 N–H and O–H groups in total. The zero-order chi connectivity index (χ0) is 18.5. The fourth-order valence-corrected chi connectivity index (χ4v) is 3.43. The molecule has 5 nitrogen and oxygen atoms in total. The first-order valence-electron chi connectivity index (χ1n) is 9.11. The molecule has 0 bridgehead atoms. The molecule has 5 heteroatoms. The molecule has 136 valence electrons. The maximum atomic E-state index is 12.8. The van der Waals surface area contributed by atoms with Crippen LogP contribution in [-0.4, -0.2) is 48.9 Å². The van der Waals surface area contributed by atoms with Gasteiger partial charge in [0, 0.05) is 18.2 Å². The Bertz CT molecular complexity index is 768. The highest BCUT2D eigenvalue weighted by molar-refractivity contribution is 5.97. The average Bonchev–Trinajstić information content (AvgIpc) is 2.68. The fourth-order valence-electron chi connectivity index (χ4n) is 3.43. The van der Waals surface area contributed by atoms with Gasteiger partial charge in [-0.05, 0) is 18.6 Å². The van der Waals surface area contributed by atoms with Crippen molar-refractivity contribution >= 4 is 17.5 Å². The molecule has 1 atom stereocenters. The summed E-state index contributed by atoms with van der Waals surface area (Å²) >= 11 is 0. The lowest BCUT2D eigenvalue weighted by Crippen LogP contribution is -3.19. The van der Waals surface area contributed by atoms with E-state index in [1.165, 1.54) is 4.90 Å². The van der Waals surface area contributed by atoms with Crippen LogP contribution in [0.1, 0.15) is 13.8 Å². The molecule has 0 saturated carbocycles. The van der Waals surface area contributed by atoms with Crippen molar-refractivity contribution in [2.75, 3.05) is 31.5 Å². The third kappa shape index (κ3) is 4.11. The molecule has 2 aromatic carbocycles. The first-order chi connectivity index (χ1) is 12.6. The number of benzene rings is 2. The summed E-state index contributed by atoms with van der Waals surface area (Å²) in [6, 6.07) is 17.8. The normalized spacial score (nSPS) is 16.2. The van der Waals surface area contributed by atoms with E-state index in [0.29, 0.717) is 13.1 Å². The van der Waals surface area contributed by atoms with Crippen molar-refractivity contribution in [3.63, 3.8) is 0 Å². The summed E-state index contributed by atoms with van der Waals surface area (Å²) in [5.74, 6) is 0.123. The van der Waals surface area contributed by atoms with Gasteiger partial charge in [0.2, 0.25) is 5.91 Å². The highest BCUT2D eigenvalue weighted by atomic mass is 16.2. The van der Waals surface area contributed by atoms with Crippen LogP contribution in [0.5, 0.6) is 0 Å². The van der Waals surface area contributed by atoms with Crippen LogP contribution in [-0.2, 0) is 9.59 Å². The summed E-state index contributed by atoms with van der Waals surface area (Å²) in [5, 5.41) is 3.10. The van der Waals surface area contributed by atoms with Gasteiger partial charge in [0.05, 0.1) is 26.2 Å². The molecule has 2 aromatic rings. The number of rotatable bonds is 4. The van der Waals surface area contributed by atoms with E-state index >= 15 is 0 Å². The Morgan fingerprint density at radius 1 is 1.00 bits per heavy atom. The van der Waals surface area contributed by atoms with Gasteiger partial charge in [-0.15, -0.1) is 0 Å². The van der Waals surface area contributed by atoms with Crippen molar-refractivity contribution in [1.29, 1.82) is 0 Å². The first-order valence-corrected chi connectivity index (χ1v) is 9.11. The molecule has 0 spiro atoms. The van der Waals surface area contributed by atoms with E-state index in [2.05, 4.69) is 5.32 Å². The van der Waals surface area contributed by atoms with Crippen LogP contribution < -0.4 is 10.2 Å². The van der Waals surface area contributed by atoms with Gasteiger partial charge in [0.1, 0.15) is 0 Å². The number of quaternary nitrogens is 1. The molecular formula is C21H26N3O2+. The average molecular weight is 352 g/mol. The Hall–Kier alpha value is -2.66. The van der Waals surface area contributed by atoms with E-state index in [0.717, 1.165) is 29.9 Å². The lowest BCUT2D eigenvalue weighted by atomic mass is 10.0. The third-order valence-corrected chi connectivity index (χ3v) is 5.13. The van der Waals surface area contributed by atoms with E-state index < -0.39 is 0 Å². The Labute approximate surface area is 154 Å². The molecule has 0 aromatic heterocycles. The van der Waals surface area contributed by atoms with E-state index in [9.17, 15) is 9.59 Å². The Balaban J connectivity index is 1.68. The smallest absolute Gasteiger partial charge is 0.282 e. The minimum Gasteiger partial charge on any atom is -0.332 e. The summed E-state index contributed by atoms with van der Waals surface area (Å²) in [7, 11) is 0. The van der Waals surface area contributed by atoms with Gasteiger partial charge < -0.3 is 15.1 Å². The Morgan fingerprint density at radius 3 is 2.27 bits per heavy atom. The maximum Gasteiger partial charge on any atom is 0.282 e. The van der Waals surface area contributed by atoms with Crippen molar-refractivity contribution in [2.24, 2.45) is 0 Å². The molecule has 1 heterocycles. The minimum absolute atomic E-state index is 0.0136. The summed E-state index contributed by atoms with van der Waals surface area (Å²) < 4.78 is 0. The van der Waals surface area contributed by atoms with Crippen LogP contribution in [0.4, 0.5) is 5.69 Å². The molecular weight excluding hydrogens is 326 g/mol. The number of carbonyl (C=O) groups excluding carboxylic acids is 2. The van der Waals surface area contributed by atoms with Gasteiger partial charge in [-0.2, -0.15) is 0 Å². The number of anilines is 1. The van der Waals surface area contributed by atoms with Crippen LogP contribution in [0, 0.1) is 0 Å². The molecule has 0 radical (unpaired) electrons. The maximum absolute atomic E-state index is 12.8. The topological polar surface area (TPSA) is 53.9 Å². The summed E-state index contributed by atoms with van der Waals surface area (Å²) in [5.41, 5.74) is 2.93. The molecule has 0 unspecified atom stereocenters. The van der Waals surface area contributed by atoms with Gasteiger partial charge in [-0.1, -0.05) is 48.5 Å². The molecule has 0 aliphatic carbocycles. The van der Waals surface area contributed by atoms with E-state index in [-0.39, 0.29) is 17.9 Å². The van der Waals surface area contributed by atoms with Crippen molar-refractivity contribution < 1.29 is 14.5 Å². The Morgan fingerprint density at radius 2 is 1.62 bits per heavy atom. The molecule has 1 aliphatic heterocycles. The second-order valence-corrected chi connectivity index (χ2v) is 6.79. The minimum atomic E-state index is -0.159. The van der Waals surface area contributed by atoms with Crippen LogP contribution in [0.15, 0.2) is 54.6 Å². The summed E-state index contributed by atoms with van der Waals surface area (Å²) in [4.78, 5) is 27.3. The predicted molar refractivity (Wildman–Crippen MR) is 103 cm³/mol. The monoisotopic (exact) mass is 352 g/mol. The highest BCUT2D eigenvalue weighted by Crippen LogP contribution is 2.27. The number of para-hydroxylation sites is 1. The zero-order valence-electron chi connectivity index (χ0n) is 15.4. The van der Waals surface area contributed by atoms with Gasteiger partial charge in [-0.3, -0.25) is 9.59 Å². The van der Waals surface area contributed by atoms with Crippen molar-refractivity contribution in [2.45, 2.75) is 19.9 Å². The largest absolute Gasteiger partial charge is 0.332 e. The van der Waals surface area contributed by atoms with Crippen LogP contribution >= 0.6 is 0 Å². The van der Waals surface area contributed by atoms with E-state index in [4.69, 9.17) is 0 Å². The van der Waals surface area contributed by atoms with Crippen LogP contribution in [0.25, 0.3) is 11.1 Å². The number of carbonyl (C=O) groups is 2. The SMILES string of the molecule is CC(=O)N1CC[NH+]([C@@H](C)C(=O)Nc2ccccc2-c2ccccc2)CC1. The summed E-state index contributed by atoms with van der Waals surface area (Å²) in [6.45, 7) is 6.58. The zero-order valence-corrected chi connectivity index (χ0v) is 15.4. The third-order valence-electron chi connectivity index (χ3n) is 5.13. The number of nitrogens with zero attached hydrogens (tertiary/aromatic N) is 1. The van der Waals surface area contributed by atoms with Crippen molar-refractivity contribution in [1.82, 2.24) is 4.90 Å². The lowest BCUT2D eigenvalue weighted by Gasteiger charge is -2.34. The number of piperazine rings is 1. The lowest BCUT2D eigenvalue weighted by molar-refractivity contribution is -0.917. The quantitative estimate of drug-likeness (QED) is 0.875. The van der Waals surface area contributed by atoms with Crippen LogP contribution in [0.2, 0.25) is 0 Å². The molecule has 1 saturated heterocycles. The number of amides is 2. The first kappa shape index (κ1) is 18.1. The molecule has 1 fully saturated rings. The molecule has 2 amide bonds. The molecule has 26 heavy (non-hydrogen) atoms. The number of hydrogen-bond donors (Lipinski definition) is 2. The van der Waals surface area contributed by atoms with Gasteiger partial charge in [-0.25, -0.2) is 0 Å². The van der Waals surface area contributed by atoms with Crippen LogP contribution in [0.3, 0.4) is 0 Å². The molecule has 1 aliphatic rings.